The molecule has 6 aromatic rings. The van der Waals surface area contributed by atoms with Crippen molar-refractivity contribution in [3.05, 3.63) is 127 Å². The van der Waals surface area contributed by atoms with Gasteiger partial charge in [0.2, 0.25) is 0 Å². The fraction of sp³-hybridized carbons (Fsp3) is 0.0323. The van der Waals surface area contributed by atoms with Crippen molar-refractivity contribution in [2.45, 2.75) is 6.61 Å². The minimum absolute atomic E-state index is 0. The Morgan fingerprint density at radius 2 is 1.57 bits per heavy atom. The van der Waals surface area contributed by atoms with E-state index in [1.807, 2.05) is 72.8 Å². The molecule has 7 rings (SSSR count). The van der Waals surface area contributed by atoms with Gasteiger partial charge in [-0.25, -0.2) is 0 Å². The Morgan fingerprint density at radius 3 is 2.40 bits per heavy atom. The summed E-state index contributed by atoms with van der Waals surface area (Å²) in [4.78, 5) is 9.03. The summed E-state index contributed by atoms with van der Waals surface area (Å²) in [6, 6.07) is 40.8. The van der Waals surface area contributed by atoms with Gasteiger partial charge in [-0.05, 0) is 23.9 Å². The number of rotatable bonds is 1. The molecule has 0 saturated heterocycles. The van der Waals surface area contributed by atoms with Crippen molar-refractivity contribution >= 4 is 21.7 Å². The topological polar surface area (TPSA) is 35.0 Å². The molecule has 171 valence electrons. The summed E-state index contributed by atoms with van der Waals surface area (Å²) in [5, 5.41) is 3.51. The zero-order valence-corrected chi connectivity index (χ0v) is 21.1. The molecule has 1 aliphatic heterocycles. The SMILES string of the molecule is [Ir].[c-]1cc2ccccc2c2c1-c1nc3ccccc3cc1OC2.[c-]1ccccc1-c1ccccn1. The molecule has 4 aromatic carbocycles. The summed E-state index contributed by atoms with van der Waals surface area (Å²) >= 11 is 0. The van der Waals surface area contributed by atoms with Crippen LogP contribution in [0.2, 0.25) is 0 Å². The van der Waals surface area contributed by atoms with E-state index in [-0.39, 0.29) is 20.1 Å². The molecule has 0 N–H and O–H groups in total. The number of hydrogen-bond acceptors (Lipinski definition) is 3. The number of fused-ring (bicyclic) bond motifs is 6. The maximum atomic E-state index is 5.98. The Kier molecular flexibility index (Phi) is 6.67. The number of ether oxygens (including phenoxy) is 1. The second kappa shape index (κ2) is 10.2. The van der Waals surface area contributed by atoms with Crippen LogP contribution in [0.15, 0.2) is 109 Å². The van der Waals surface area contributed by atoms with E-state index in [9.17, 15) is 0 Å². The second-order valence-corrected chi connectivity index (χ2v) is 8.04. The minimum Gasteiger partial charge on any atom is -0.506 e. The van der Waals surface area contributed by atoms with E-state index in [0.29, 0.717) is 6.61 Å². The van der Waals surface area contributed by atoms with E-state index in [2.05, 4.69) is 47.4 Å². The van der Waals surface area contributed by atoms with Crippen molar-refractivity contribution in [3.63, 3.8) is 0 Å². The normalized spacial score (nSPS) is 11.3. The Balaban J connectivity index is 0.000000167. The quantitative estimate of drug-likeness (QED) is 0.180. The number of aromatic nitrogens is 2. The molecular weight excluding hydrogens is 609 g/mol. The molecule has 0 amide bonds. The Morgan fingerprint density at radius 1 is 0.771 bits per heavy atom. The summed E-state index contributed by atoms with van der Waals surface area (Å²) in [5.74, 6) is 0.845. The molecule has 0 aliphatic carbocycles. The first-order chi connectivity index (χ1) is 16.9. The minimum atomic E-state index is 0. The van der Waals surface area contributed by atoms with Crippen molar-refractivity contribution in [1.29, 1.82) is 0 Å². The van der Waals surface area contributed by atoms with Crippen LogP contribution in [0.3, 0.4) is 0 Å². The average Bonchev–Trinajstić information content (AvgIpc) is 2.93. The summed E-state index contributed by atoms with van der Waals surface area (Å²) in [5.41, 5.74) is 6.13. The zero-order valence-electron chi connectivity index (χ0n) is 18.7. The van der Waals surface area contributed by atoms with Crippen LogP contribution >= 0.6 is 0 Å². The first-order valence-corrected chi connectivity index (χ1v) is 11.2. The van der Waals surface area contributed by atoms with E-state index in [1.165, 1.54) is 16.3 Å². The van der Waals surface area contributed by atoms with Gasteiger partial charge < -0.3 is 9.72 Å². The van der Waals surface area contributed by atoms with Crippen molar-refractivity contribution < 1.29 is 24.8 Å². The van der Waals surface area contributed by atoms with E-state index in [4.69, 9.17) is 9.72 Å². The van der Waals surface area contributed by atoms with Gasteiger partial charge in [-0.1, -0.05) is 70.9 Å². The zero-order chi connectivity index (χ0) is 22.7. The van der Waals surface area contributed by atoms with Gasteiger partial charge in [0.05, 0.1) is 12.1 Å². The molecular formula is C31H20IrN2O-2. The van der Waals surface area contributed by atoms with Crippen molar-refractivity contribution in [2.75, 3.05) is 0 Å². The third-order valence-electron chi connectivity index (χ3n) is 5.91. The van der Waals surface area contributed by atoms with E-state index in [0.717, 1.165) is 39.2 Å². The average molecular weight is 629 g/mol. The molecule has 0 bridgehead atoms. The van der Waals surface area contributed by atoms with Gasteiger partial charge in [0.15, 0.2) is 0 Å². The van der Waals surface area contributed by atoms with Crippen LogP contribution in [0.1, 0.15) is 5.56 Å². The van der Waals surface area contributed by atoms with Gasteiger partial charge in [0, 0.05) is 37.4 Å². The van der Waals surface area contributed by atoms with Crippen LogP contribution < -0.4 is 4.74 Å². The van der Waals surface area contributed by atoms with Crippen LogP contribution in [0.5, 0.6) is 5.75 Å². The Labute approximate surface area is 217 Å². The predicted octanol–water partition coefficient (Wildman–Crippen LogP) is 7.29. The monoisotopic (exact) mass is 629 g/mol. The molecule has 3 nitrogen and oxygen atoms in total. The van der Waals surface area contributed by atoms with Gasteiger partial charge in [0.1, 0.15) is 5.75 Å². The first-order valence-electron chi connectivity index (χ1n) is 11.2. The molecule has 4 heteroatoms. The second-order valence-electron chi connectivity index (χ2n) is 8.04. The third-order valence-corrected chi connectivity index (χ3v) is 5.91. The number of pyridine rings is 2. The number of benzene rings is 4. The molecule has 0 spiro atoms. The van der Waals surface area contributed by atoms with E-state index >= 15 is 0 Å². The predicted molar refractivity (Wildman–Crippen MR) is 136 cm³/mol. The van der Waals surface area contributed by atoms with Gasteiger partial charge >= 0.3 is 0 Å². The molecule has 1 radical (unpaired) electrons. The maximum Gasteiger partial charge on any atom is 0.104 e. The Hall–Kier alpha value is -3.85. The summed E-state index contributed by atoms with van der Waals surface area (Å²) in [6.45, 7) is 0.570. The molecule has 0 fully saturated rings. The van der Waals surface area contributed by atoms with Gasteiger partial charge in [-0.15, -0.1) is 53.6 Å². The number of para-hydroxylation sites is 1. The van der Waals surface area contributed by atoms with E-state index < -0.39 is 0 Å². The number of nitrogens with zero attached hydrogens (tertiary/aromatic N) is 2. The smallest absolute Gasteiger partial charge is 0.104 e. The Bertz CT molecular complexity index is 1560. The molecule has 1 aliphatic rings. The van der Waals surface area contributed by atoms with Crippen molar-refractivity contribution in [1.82, 2.24) is 9.97 Å². The first kappa shape index (κ1) is 22.9. The van der Waals surface area contributed by atoms with Crippen LogP contribution in [0, 0.1) is 12.1 Å². The standard InChI is InChI=1S/C20H12NO.C11H8N.Ir/c1-3-7-15-13(5-1)9-10-16-17(15)12-22-19-11-14-6-2-4-8-18(14)21-20(16)19;1-2-6-10(7-3-1)11-8-4-5-9-12-11;/h1-9,11H,12H2;1-6,8-9H;/q2*-1;. The fourth-order valence-corrected chi connectivity index (χ4v) is 4.24. The van der Waals surface area contributed by atoms with Crippen molar-refractivity contribution in [3.8, 4) is 28.3 Å². The summed E-state index contributed by atoms with van der Waals surface area (Å²) < 4.78 is 5.98. The van der Waals surface area contributed by atoms with Crippen LogP contribution in [0.4, 0.5) is 0 Å². The summed E-state index contributed by atoms with van der Waals surface area (Å²) in [6.07, 6.45) is 1.79. The van der Waals surface area contributed by atoms with Crippen molar-refractivity contribution in [2.24, 2.45) is 0 Å². The number of hydrogen-bond donors (Lipinski definition) is 0. The van der Waals surface area contributed by atoms with Gasteiger partial charge in [-0.2, -0.15) is 0 Å². The molecule has 3 heterocycles. The largest absolute Gasteiger partial charge is 0.506 e. The van der Waals surface area contributed by atoms with Gasteiger partial charge in [0.25, 0.3) is 0 Å². The summed E-state index contributed by atoms with van der Waals surface area (Å²) in [7, 11) is 0. The molecule has 0 saturated carbocycles. The maximum absolute atomic E-state index is 5.98. The fourth-order valence-electron chi connectivity index (χ4n) is 4.24. The molecule has 0 unspecified atom stereocenters. The van der Waals surface area contributed by atoms with Crippen LogP contribution in [-0.2, 0) is 26.7 Å². The van der Waals surface area contributed by atoms with Crippen LogP contribution in [-0.4, -0.2) is 9.97 Å². The molecule has 2 aromatic heterocycles. The molecule has 0 atom stereocenters. The van der Waals surface area contributed by atoms with Gasteiger partial charge in [-0.3, -0.25) is 4.98 Å². The van der Waals surface area contributed by atoms with Crippen LogP contribution in [0.25, 0.3) is 44.2 Å². The van der Waals surface area contributed by atoms with E-state index in [1.54, 1.807) is 6.20 Å². The third kappa shape index (κ3) is 4.59. The molecule has 35 heavy (non-hydrogen) atoms.